The van der Waals surface area contributed by atoms with Crippen LogP contribution in [0.25, 0.3) is 0 Å². The SMILES string of the molecule is CCc1ccc(CC(NC)c2ccc(C)cc2F)s1. The lowest BCUT2D eigenvalue weighted by atomic mass is 10.0. The summed E-state index contributed by atoms with van der Waals surface area (Å²) in [6, 6.07) is 9.81. The molecule has 0 aliphatic rings. The van der Waals surface area contributed by atoms with Gasteiger partial charge in [-0.25, -0.2) is 4.39 Å². The van der Waals surface area contributed by atoms with Gasteiger partial charge in [0.25, 0.3) is 0 Å². The Balaban J connectivity index is 2.19. The number of nitrogens with one attached hydrogen (secondary N) is 1. The minimum atomic E-state index is -0.119. The number of thiophene rings is 1. The van der Waals surface area contributed by atoms with Crippen LogP contribution in [-0.2, 0) is 12.8 Å². The van der Waals surface area contributed by atoms with Crippen LogP contribution in [0.3, 0.4) is 0 Å². The summed E-state index contributed by atoms with van der Waals surface area (Å²) in [4.78, 5) is 2.69. The van der Waals surface area contributed by atoms with Gasteiger partial charge in [0.05, 0.1) is 0 Å². The first-order valence-corrected chi connectivity index (χ1v) is 7.46. The normalized spacial score (nSPS) is 12.6. The maximum absolute atomic E-state index is 14.0. The first-order valence-electron chi connectivity index (χ1n) is 6.65. The zero-order valence-corrected chi connectivity index (χ0v) is 12.5. The molecule has 1 N–H and O–H groups in total. The molecule has 102 valence electrons. The van der Waals surface area contributed by atoms with E-state index in [0.717, 1.165) is 24.0 Å². The molecule has 1 atom stereocenters. The van der Waals surface area contributed by atoms with Gasteiger partial charge in [-0.1, -0.05) is 19.1 Å². The quantitative estimate of drug-likeness (QED) is 0.861. The number of aryl methyl sites for hydroxylation is 2. The topological polar surface area (TPSA) is 12.0 Å². The van der Waals surface area contributed by atoms with Gasteiger partial charge in [-0.2, -0.15) is 0 Å². The summed E-state index contributed by atoms with van der Waals surface area (Å²) in [5.41, 5.74) is 1.71. The summed E-state index contributed by atoms with van der Waals surface area (Å²) >= 11 is 1.82. The zero-order chi connectivity index (χ0) is 13.8. The van der Waals surface area contributed by atoms with Crippen LogP contribution in [0.4, 0.5) is 4.39 Å². The number of hydrogen-bond acceptors (Lipinski definition) is 2. The molecule has 0 spiro atoms. The maximum atomic E-state index is 14.0. The van der Waals surface area contributed by atoms with E-state index < -0.39 is 0 Å². The number of halogens is 1. The fourth-order valence-corrected chi connectivity index (χ4v) is 3.21. The minimum absolute atomic E-state index is 0.0314. The molecule has 0 saturated carbocycles. The third-order valence-electron chi connectivity index (χ3n) is 3.35. The van der Waals surface area contributed by atoms with Crippen molar-refractivity contribution >= 4 is 11.3 Å². The lowest BCUT2D eigenvalue weighted by molar-refractivity contribution is 0.535. The van der Waals surface area contributed by atoms with E-state index >= 15 is 0 Å². The molecule has 0 amide bonds. The van der Waals surface area contributed by atoms with E-state index in [0.29, 0.717) is 0 Å². The van der Waals surface area contributed by atoms with Gasteiger partial charge in [-0.3, -0.25) is 0 Å². The molecule has 3 heteroatoms. The van der Waals surface area contributed by atoms with Gasteiger partial charge in [0.2, 0.25) is 0 Å². The third kappa shape index (κ3) is 3.43. The Morgan fingerprint density at radius 1 is 1.21 bits per heavy atom. The molecule has 0 saturated heterocycles. The molecule has 0 aliphatic heterocycles. The molecule has 2 aromatic rings. The van der Waals surface area contributed by atoms with Crippen molar-refractivity contribution in [3.05, 3.63) is 57.0 Å². The predicted molar refractivity (Wildman–Crippen MR) is 80.3 cm³/mol. The summed E-state index contributed by atoms with van der Waals surface area (Å²) in [7, 11) is 1.89. The van der Waals surface area contributed by atoms with E-state index in [-0.39, 0.29) is 11.9 Å². The van der Waals surface area contributed by atoms with Crippen LogP contribution < -0.4 is 5.32 Å². The Labute approximate surface area is 118 Å². The van der Waals surface area contributed by atoms with E-state index in [4.69, 9.17) is 0 Å². The Morgan fingerprint density at radius 3 is 2.53 bits per heavy atom. The Kier molecular flexibility index (Phi) is 4.72. The lowest BCUT2D eigenvalue weighted by Crippen LogP contribution is -2.19. The van der Waals surface area contributed by atoms with E-state index in [1.807, 2.05) is 37.4 Å². The molecule has 1 aromatic heterocycles. The molecule has 0 radical (unpaired) electrons. The van der Waals surface area contributed by atoms with Crippen molar-refractivity contribution in [1.29, 1.82) is 0 Å². The molecule has 2 rings (SSSR count). The minimum Gasteiger partial charge on any atom is -0.313 e. The maximum Gasteiger partial charge on any atom is 0.128 e. The number of hydrogen-bond donors (Lipinski definition) is 1. The fraction of sp³-hybridized carbons (Fsp3) is 0.375. The molecule has 19 heavy (non-hydrogen) atoms. The van der Waals surface area contributed by atoms with Crippen LogP contribution in [-0.4, -0.2) is 7.05 Å². The van der Waals surface area contributed by atoms with Crippen molar-refractivity contribution in [2.45, 2.75) is 32.7 Å². The van der Waals surface area contributed by atoms with Crippen LogP contribution in [0.5, 0.6) is 0 Å². The van der Waals surface area contributed by atoms with Crippen molar-refractivity contribution in [2.75, 3.05) is 7.05 Å². The van der Waals surface area contributed by atoms with Gasteiger partial charge in [-0.05, 0) is 44.2 Å². The molecular formula is C16H20FNS. The van der Waals surface area contributed by atoms with Gasteiger partial charge in [0.1, 0.15) is 5.82 Å². The average Bonchev–Trinajstić information content (AvgIpc) is 2.84. The standard InChI is InChI=1S/C16H20FNS/c1-4-12-6-7-13(19-12)10-16(18-3)14-8-5-11(2)9-15(14)17/h5-9,16,18H,4,10H2,1-3H3. The van der Waals surface area contributed by atoms with E-state index in [2.05, 4.69) is 24.4 Å². The van der Waals surface area contributed by atoms with Crippen LogP contribution in [0, 0.1) is 12.7 Å². The molecule has 1 nitrogen and oxygen atoms in total. The summed E-state index contributed by atoms with van der Waals surface area (Å²) in [6.07, 6.45) is 1.90. The van der Waals surface area contributed by atoms with Crippen LogP contribution in [0.2, 0.25) is 0 Å². The molecular weight excluding hydrogens is 257 g/mol. The van der Waals surface area contributed by atoms with Crippen molar-refractivity contribution in [2.24, 2.45) is 0 Å². The van der Waals surface area contributed by atoms with Gasteiger partial charge in [0, 0.05) is 27.8 Å². The smallest absolute Gasteiger partial charge is 0.128 e. The van der Waals surface area contributed by atoms with Crippen molar-refractivity contribution in [3.63, 3.8) is 0 Å². The molecule has 0 bridgehead atoms. The Hall–Kier alpha value is -1.19. The van der Waals surface area contributed by atoms with Crippen LogP contribution in [0.1, 0.15) is 33.8 Å². The average molecular weight is 277 g/mol. The highest BCUT2D eigenvalue weighted by molar-refractivity contribution is 7.11. The second kappa shape index (κ2) is 6.31. The lowest BCUT2D eigenvalue weighted by Gasteiger charge is -2.17. The number of rotatable bonds is 5. The summed E-state index contributed by atoms with van der Waals surface area (Å²) < 4.78 is 14.0. The zero-order valence-electron chi connectivity index (χ0n) is 11.7. The van der Waals surface area contributed by atoms with Gasteiger partial charge in [0.15, 0.2) is 0 Å². The molecule has 1 aromatic carbocycles. The van der Waals surface area contributed by atoms with Crippen LogP contribution in [0.15, 0.2) is 30.3 Å². The van der Waals surface area contributed by atoms with E-state index in [9.17, 15) is 4.39 Å². The highest BCUT2D eigenvalue weighted by atomic mass is 32.1. The monoisotopic (exact) mass is 277 g/mol. The summed E-state index contributed by atoms with van der Waals surface area (Å²) in [6.45, 7) is 4.07. The highest BCUT2D eigenvalue weighted by Crippen LogP contribution is 2.26. The fourth-order valence-electron chi connectivity index (χ4n) is 2.21. The van der Waals surface area contributed by atoms with E-state index in [1.165, 1.54) is 9.75 Å². The van der Waals surface area contributed by atoms with Crippen molar-refractivity contribution < 1.29 is 4.39 Å². The second-order valence-corrected chi connectivity index (χ2v) is 6.04. The molecule has 1 unspecified atom stereocenters. The highest BCUT2D eigenvalue weighted by Gasteiger charge is 2.15. The van der Waals surface area contributed by atoms with Crippen LogP contribution >= 0.6 is 11.3 Å². The third-order valence-corrected chi connectivity index (χ3v) is 4.60. The van der Waals surface area contributed by atoms with Gasteiger partial charge >= 0.3 is 0 Å². The number of likely N-dealkylation sites (N-methyl/N-ethyl adjacent to an activating group) is 1. The summed E-state index contributed by atoms with van der Waals surface area (Å²) in [5.74, 6) is -0.119. The molecule has 0 fully saturated rings. The van der Waals surface area contributed by atoms with Crippen molar-refractivity contribution in [1.82, 2.24) is 5.32 Å². The largest absolute Gasteiger partial charge is 0.313 e. The summed E-state index contributed by atoms with van der Waals surface area (Å²) in [5, 5.41) is 3.22. The molecule has 0 aliphatic carbocycles. The molecule has 1 heterocycles. The Bertz CT molecular complexity index is 547. The number of benzene rings is 1. The van der Waals surface area contributed by atoms with Crippen molar-refractivity contribution in [3.8, 4) is 0 Å². The van der Waals surface area contributed by atoms with Gasteiger partial charge in [-0.15, -0.1) is 11.3 Å². The van der Waals surface area contributed by atoms with Gasteiger partial charge < -0.3 is 5.32 Å². The predicted octanol–water partition coefficient (Wildman–Crippen LogP) is 4.26. The second-order valence-electron chi connectivity index (χ2n) is 4.79. The first-order chi connectivity index (χ1) is 9.13. The van der Waals surface area contributed by atoms with E-state index in [1.54, 1.807) is 6.07 Å². The first kappa shape index (κ1) is 14.2. The Morgan fingerprint density at radius 2 is 1.95 bits per heavy atom.